The zero-order valence-corrected chi connectivity index (χ0v) is 16.9. The smallest absolute Gasteiger partial charge is 0.175 e. The maximum Gasteiger partial charge on any atom is 0.175 e. The Kier molecular flexibility index (Phi) is 5.81. The summed E-state index contributed by atoms with van der Waals surface area (Å²) in [6, 6.07) is 14.8. The molecule has 0 saturated heterocycles. The van der Waals surface area contributed by atoms with Crippen molar-refractivity contribution in [1.29, 1.82) is 0 Å². The molecule has 0 bridgehead atoms. The first-order chi connectivity index (χ1) is 11.9. The molecule has 0 spiro atoms. The van der Waals surface area contributed by atoms with Crippen LogP contribution in [0, 0.1) is 5.41 Å². The molecule has 0 fully saturated rings. The minimum Gasteiger partial charge on any atom is -0.298 e. The average molecular weight is 389 g/mol. The predicted molar refractivity (Wildman–Crippen MR) is 109 cm³/mol. The first kappa shape index (κ1) is 18.4. The van der Waals surface area contributed by atoms with Gasteiger partial charge in [-0.05, 0) is 16.3 Å². The van der Waals surface area contributed by atoms with E-state index >= 15 is 0 Å². The van der Waals surface area contributed by atoms with Gasteiger partial charge >= 0.3 is 0 Å². The van der Waals surface area contributed by atoms with Crippen LogP contribution in [0.15, 0.2) is 51.1 Å². The highest BCUT2D eigenvalue weighted by atomic mass is 32.2. The third kappa shape index (κ3) is 4.84. The Hall–Kier alpha value is -1.37. The van der Waals surface area contributed by atoms with Gasteiger partial charge in [0.25, 0.3) is 0 Å². The standard InChI is InChI=1S/C19H20N2OS3/c1-19(2,3)16(22)12-24-18-21-20-17(25-18)23-11-14-9-6-8-13-7-4-5-10-15(13)14/h4-10H,11-12H2,1-3H3. The highest BCUT2D eigenvalue weighted by molar-refractivity contribution is 8.03. The van der Waals surface area contributed by atoms with E-state index in [9.17, 15) is 4.79 Å². The molecule has 0 saturated carbocycles. The number of hydrogen-bond acceptors (Lipinski definition) is 6. The number of ketones is 1. The second-order valence-corrected chi connectivity index (χ2v) is 10.1. The number of carbonyl (C=O) groups is 1. The van der Waals surface area contributed by atoms with Gasteiger partial charge in [-0.3, -0.25) is 4.79 Å². The second kappa shape index (κ2) is 7.89. The Bertz CT molecular complexity index is 878. The summed E-state index contributed by atoms with van der Waals surface area (Å²) in [5.41, 5.74) is 0.999. The summed E-state index contributed by atoms with van der Waals surface area (Å²) in [6.07, 6.45) is 0. The molecule has 0 amide bonds. The lowest BCUT2D eigenvalue weighted by Crippen LogP contribution is -2.21. The van der Waals surface area contributed by atoms with Crippen LogP contribution >= 0.6 is 34.9 Å². The molecule has 0 radical (unpaired) electrons. The van der Waals surface area contributed by atoms with Crippen molar-refractivity contribution in [3.8, 4) is 0 Å². The third-order valence-electron chi connectivity index (χ3n) is 3.78. The summed E-state index contributed by atoms with van der Waals surface area (Å²) in [4.78, 5) is 12.0. The van der Waals surface area contributed by atoms with Gasteiger partial charge in [0, 0.05) is 11.2 Å². The minimum absolute atomic E-state index is 0.234. The van der Waals surface area contributed by atoms with Crippen LogP contribution < -0.4 is 0 Å². The fourth-order valence-corrected chi connectivity index (χ4v) is 5.40. The van der Waals surface area contributed by atoms with E-state index in [-0.39, 0.29) is 11.2 Å². The lowest BCUT2D eigenvalue weighted by atomic mass is 9.92. The molecule has 3 nitrogen and oxygen atoms in total. The maximum absolute atomic E-state index is 12.0. The number of carbonyl (C=O) groups excluding carboxylic acids is 1. The van der Waals surface area contributed by atoms with Gasteiger partial charge in [0.1, 0.15) is 5.78 Å². The van der Waals surface area contributed by atoms with Crippen molar-refractivity contribution >= 4 is 51.4 Å². The van der Waals surface area contributed by atoms with Crippen molar-refractivity contribution in [2.75, 3.05) is 5.75 Å². The van der Waals surface area contributed by atoms with Crippen molar-refractivity contribution in [3.63, 3.8) is 0 Å². The van der Waals surface area contributed by atoms with Crippen molar-refractivity contribution in [2.24, 2.45) is 5.41 Å². The van der Waals surface area contributed by atoms with E-state index in [0.717, 1.165) is 14.4 Å². The molecule has 0 aliphatic heterocycles. The monoisotopic (exact) mass is 388 g/mol. The molecule has 3 aromatic rings. The Labute approximate surface area is 160 Å². The van der Waals surface area contributed by atoms with Crippen LogP contribution in [0.25, 0.3) is 10.8 Å². The van der Waals surface area contributed by atoms with E-state index in [1.54, 1.807) is 23.1 Å². The molecule has 130 valence electrons. The van der Waals surface area contributed by atoms with Crippen molar-refractivity contribution in [2.45, 2.75) is 35.2 Å². The summed E-state index contributed by atoms with van der Waals surface area (Å²) in [6.45, 7) is 5.84. The van der Waals surface area contributed by atoms with E-state index in [0.29, 0.717) is 5.75 Å². The lowest BCUT2D eigenvalue weighted by molar-refractivity contribution is -0.123. The molecule has 0 N–H and O–H groups in total. The summed E-state index contributed by atoms with van der Waals surface area (Å²) < 4.78 is 1.80. The molecule has 0 unspecified atom stereocenters. The zero-order chi connectivity index (χ0) is 17.9. The number of benzene rings is 2. The molecule has 0 atom stereocenters. The Balaban J connectivity index is 1.61. The molecule has 2 aromatic carbocycles. The third-order valence-corrected chi connectivity index (χ3v) is 7.02. The maximum atomic E-state index is 12.0. The summed E-state index contributed by atoms with van der Waals surface area (Å²) in [7, 11) is 0. The molecule has 1 aromatic heterocycles. The minimum atomic E-state index is -0.302. The number of Topliss-reactive ketones (excluding diaryl/α,β-unsaturated/α-hetero) is 1. The number of aromatic nitrogens is 2. The number of nitrogens with zero attached hydrogens (tertiary/aromatic N) is 2. The Morgan fingerprint density at radius 1 is 1.00 bits per heavy atom. The van der Waals surface area contributed by atoms with E-state index in [2.05, 4.69) is 52.7 Å². The van der Waals surface area contributed by atoms with Gasteiger partial charge in [-0.25, -0.2) is 0 Å². The molecule has 3 rings (SSSR count). The van der Waals surface area contributed by atoms with Gasteiger partial charge in [0.15, 0.2) is 8.68 Å². The van der Waals surface area contributed by atoms with Gasteiger partial charge < -0.3 is 0 Å². The molecule has 1 heterocycles. The summed E-state index contributed by atoms with van der Waals surface area (Å²) in [5, 5.41) is 11.0. The average Bonchev–Trinajstić information content (AvgIpc) is 3.05. The number of hydrogen-bond donors (Lipinski definition) is 0. The SMILES string of the molecule is CC(C)(C)C(=O)CSc1nnc(SCc2cccc3ccccc23)s1. The zero-order valence-electron chi connectivity index (χ0n) is 14.5. The molecule has 6 heteroatoms. The Morgan fingerprint density at radius 2 is 1.68 bits per heavy atom. The van der Waals surface area contributed by atoms with Crippen LogP contribution in [0.1, 0.15) is 26.3 Å². The fourth-order valence-electron chi connectivity index (χ4n) is 2.22. The van der Waals surface area contributed by atoms with Crippen LogP contribution in [-0.2, 0) is 10.5 Å². The summed E-state index contributed by atoms with van der Waals surface area (Å²) in [5.74, 6) is 1.55. The van der Waals surface area contributed by atoms with Gasteiger partial charge in [-0.1, -0.05) is 98.1 Å². The van der Waals surface area contributed by atoms with Gasteiger partial charge in [-0.2, -0.15) is 0 Å². The highest BCUT2D eigenvalue weighted by Gasteiger charge is 2.21. The summed E-state index contributed by atoms with van der Waals surface area (Å²) >= 11 is 4.74. The van der Waals surface area contributed by atoms with Gasteiger partial charge in [0.05, 0.1) is 5.75 Å². The van der Waals surface area contributed by atoms with Crippen LogP contribution in [0.3, 0.4) is 0 Å². The molecular formula is C19H20N2OS3. The highest BCUT2D eigenvalue weighted by Crippen LogP contribution is 2.33. The quantitative estimate of drug-likeness (QED) is 0.507. The van der Waals surface area contributed by atoms with Crippen LogP contribution in [0.5, 0.6) is 0 Å². The molecule has 25 heavy (non-hydrogen) atoms. The lowest BCUT2D eigenvalue weighted by Gasteiger charge is -2.15. The topological polar surface area (TPSA) is 42.9 Å². The van der Waals surface area contributed by atoms with E-state index in [1.807, 2.05) is 20.8 Å². The van der Waals surface area contributed by atoms with Gasteiger partial charge in [0.2, 0.25) is 0 Å². The Morgan fingerprint density at radius 3 is 2.44 bits per heavy atom. The molecule has 0 aliphatic rings. The molecular weight excluding hydrogens is 368 g/mol. The first-order valence-electron chi connectivity index (χ1n) is 8.02. The largest absolute Gasteiger partial charge is 0.298 e. The van der Waals surface area contributed by atoms with E-state index in [1.165, 1.54) is 28.1 Å². The molecule has 0 aliphatic carbocycles. The van der Waals surface area contributed by atoms with Crippen molar-refractivity contribution in [3.05, 3.63) is 48.0 Å². The van der Waals surface area contributed by atoms with E-state index < -0.39 is 0 Å². The fraction of sp³-hybridized carbons (Fsp3) is 0.316. The van der Waals surface area contributed by atoms with Gasteiger partial charge in [-0.15, -0.1) is 10.2 Å². The van der Waals surface area contributed by atoms with Crippen LogP contribution in [0.4, 0.5) is 0 Å². The van der Waals surface area contributed by atoms with Crippen molar-refractivity contribution < 1.29 is 4.79 Å². The first-order valence-corrected chi connectivity index (χ1v) is 10.8. The normalized spacial score (nSPS) is 11.8. The van der Waals surface area contributed by atoms with Crippen molar-refractivity contribution in [1.82, 2.24) is 10.2 Å². The number of thioether (sulfide) groups is 2. The van der Waals surface area contributed by atoms with Crippen LogP contribution in [0.2, 0.25) is 0 Å². The second-order valence-electron chi connectivity index (χ2n) is 6.72. The predicted octanol–water partition coefficient (Wildman–Crippen LogP) is 5.69. The van der Waals surface area contributed by atoms with E-state index in [4.69, 9.17) is 0 Å². The van der Waals surface area contributed by atoms with Crippen LogP contribution in [-0.4, -0.2) is 21.7 Å². The number of fused-ring (bicyclic) bond motifs is 1. The number of rotatable bonds is 6.